The lowest BCUT2D eigenvalue weighted by molar-refractivity contribution is 0.201. The molecule has 3 rings (SSSR count). The van der Waals surface area contributed by atoms with E-state index in [2.05, 4.69) is 10.1 Å². The largest absolute Gasteiger partial charge is 0.471 e. The highest BCUT2D eigenvalue weighted by atomic mass is 16.5. The van der Waals surface area contributed by atoms with Gasteiger partial charge in [-0.25, -0.2) is 9.78 Å². The van der Waals surface area contributed by atoms with Crippen molar-refractivity contribution in [1.82, 2.24) is 19.7 Å². The molecule has 21 heavy (non-hydrogen) atoms. The molecule has 0 radical (unpaired) electrons. The number of primary amides is 1. The van der Waals surface area contributed by atoms with Crippen LogP contribution in [0, 0.1) is 0 Å². The Labute approximate surface area is 122 Å². The first kappa shape index (κ1) is 13.4. The Morgan fingerprint density at radius 2 is 2.33 bits per heavy atom. The van der Waals surface area contributed by atoms with E-state index < -0.39 is 6.03 Å². The molecule has 0 saturated carbocycles. The van der Waals surface area contributed by atoms with Crippen molar-refractivity contribution in [2.45, 2.75) is 19.6 Å². The first-order valence-electron chi connectivity index (χ1n) is 6.77. The van der Waals surface area contributed by atoms with E-state index in [4.69, 9.17) is 10.5 Å². The van der Waals surface area contributed by atoms with E-state index in [0.29, 0.717) is 25.6 Å². The molecule has 7 nitrogen and oxygen atoms in total. The van der Waals surface area contributed by atoms with Crippen molar-refractivity contribution in [1.29, 1.82) is 0 Å². The molecule has 0 fully saturated rings. The molecule has 7 heteroatoms. The minimum absolute atomic E-state index is 0.326. The molecule has 2 aromatic heterocycles. The van der Waals surface area contributed by atoms with Gasteiger partial charge in [0.15, 0.2) is 0 Å². The van der Waals surface area contributed by atoms with Gasteiger partial charge in [0.25, 0.3) is 0 Å². The predicted molar refractivity (Wildman–Crippen MR) is 75.5 cm³/mol. The summed E-state index contributed by atoms with van der Waals surface area (Å²) in [5.41, 5.74) is 8.35. The highest BCUT2D eigenvalue weighted by molar-refractivity contribution is 5.72. The minimum atomic E-state index is -0.402. The van der Waals surface area contributed by atoms with Crippen molar-refractivity contribution >= 4 is 6.03 Å². The topological polar surface area (TPSA) is 86.3 Å². The molecule has 0 spiro atoms. The lowest BCUT2D eigenvalue weighted by Gasteiger charge is -2.25. The Morgan fingerprint density at radius 3 is 3.05 bits per heavy atom. The van der Waals surface area contributed by atoms with Gasteiger partial charge in [0.05, 0.1) is 6.54 Å². The van der Waals surface area contributed by atoms with E-state index in [1.807, 2.05) is 23.9 Å². The van der Waals surface area contributed by atoms with E-state index in [-0.39, 0.29) is 0 Å². The van der Waals surface area contributed by atoms with E-state index in [1.54, 1.807) is 17.2 Å². The zero-order chi connectivity index (χ0) is 14.8. The number of aromatic nitrogens is 3. The van der Waals surface area contributed by atoms with Gasteiger partial charge in [-0.05, 0) is 6.07 Å². The first-order valence-corrected chi connectivity index (χ1v) is 6.77. The Kier molecular flexibility index (Phi) is 3.47. The molecule has 0 saturated heterocycles. The van der Waals surface area contributed by atoms with Crippen LogP contribution in [0.1, 0.15) is 17.0 Å². The molecule has 0 unspecified atom stereocenters. The fourth-order valence-electron chi connectivity index (χ4n) is 2.55. The van der Waals surface area contributed by atoms with Gasteiger partial charge in [-0.1, -0.05) is 6.07 Å². The Bertz CT molecular complexity index is 653. The molecule has 2 amide bonds. The maximum atomic E-state index is 11.3. The number of hydrogen-bond donors (Lipinski definition) is 1. The van der Waals surface area contributed by atoms with Crippen LogP contribution in [0.25, 0.3) is 0 Å². The summed E-state index contributed by atoms with van der Waals surface area (Å²) in [5.74, 6) is 0.555. The van der Waals surface area contributed by atoms with Gasteiger partial charge in [0, 0.05) is 43.5 Å². The van der Waals surface area contributed by atoms with Gasteiger partial charge in [-0.3, -0.25) is 4.68 Å². The Hall–Kier alpha value is -2.57. The number of nitrogens with two attached hydrogens (primary N) is 1. The molecule has 0 bridgehead atoms. The number of pyridine rings is 1. The average Bonchev–Trinajstić information content (AvgIpc) is 2.82. The molecule has 0 atom stereocenters. The van der Waals surface area contributed by atoms with Crippen molar-refractivity contribution in [2.24, 2.45) is 12.8 Å². The zero-order valence-corrected chi connectivity index (χ0v) is 11.8. The van der Waals surface area contributed by atoms with Crippen LogP contribution in [0.4, 0.5) is 4.79 Å². The highest BCUT2D eigenvalue weighted by Crippen LogP contribution is 2.22. The molecule has 1 aliphatic heterocycles. The van der Waals surface area contributed by atoms with Crippen molar-refractivity contribution in [3.63, 3.8) is 0 Å². The van der Waals surface area contributed by atoms with Gasteiger partial charge < -0.3 is 15.4 Å². The third-order valence-corrected chi connectivity index (χ3v) is 3.63. The molecule has 0 aliphatic carbocycles. The second kappa shape index (κ2) is 5.43. The summed E-state index contributed by atoms with van der Waals surface area (Å²) >= 11 is 0. The van der Waals surface area contributed by atoms with Gasteiger partial charge in [-0.15, -0.1) is 0 Å². The third kappa shape index (κ3) is 2.67. The van der Waals surface area contributed by atoms with E-state index in [1.165, 1.54) is 0 Å². The van der Waals surface area contributed by atoms with Crippen LogP contribution in [-0.2, 0) is 26.6 Å². The maximum Gasteiger partial charge on any atom is 0.315 e. The minimum Gasteiger partial charge on any atom is -0.471 e. The van der Waals surface area contributed by atoms with E-state index >= 15 is 0 Å². The van der Waals surface area contributed by atoms with Crippen LogP contribution in [-0.4, -0.2) is 32.2 Å². The van der Waals surface area contributed by atoms with Crippen molar-refractivity contribution in [3.8, 4) is 5.88 Å². The van der Waals surface area contributed by atoms with Crippen molar-refractivity contribution in [2.75, 3.05) is 6.54 Å². The number of amides is 2. The molecule has 110 valence electrons. The molecule has 3 heterocycles. The summed E-state index contributed by atoms with van der Waals surface area (Å²) < 4.78 is 7.50. The van der Waals surface area contributed by atoms with Gasteiger partial charge in [0.1, 0.15) is 12.3 Å². The van der Waals surface area contributed by atoms with Crippen LogP contribution in [0.15, 0.2) is 24.4 Å². The fraction of sp³-hybridized carbons (Fsp3) is 0.357. The number of carbonyl (C=O) groups is 1. The fourth-order valence-corrected chi connectivity index (χ4v) is 2.55. The summed E-state index contributed by atoms with van der Waals surface area (Å²) in [6.07, 6.45) is 2.43. The first-order chi connectivity index (χ1) is 10.1. The number of nitrogens with zero attached hydrogens (tertiary/aromatic N) is 4. The summed E-state index contributed by atoms with van der Waals surface area (Å²) in [6, 6.07) is 5.09. The van der Waals surface area contributed by atoms with E-state index in [9.17, 15) is 4.79 Å². The summed E-state index contributed by atoms with van der Waals surface area (Å²) in [6.45, 7) is 1.44. The molecule has 0 aromatic carbocycles. The number of hydrogen-bond acceptors (Lipinski definition) is 4. The van der Waals surface area contributed by atoms with Gasteiger partial charge in [-0.2, -0.15) is 5.10 Å². The van der Waals surface area contributed by atoms with Crippen LogP contribution in [0.3, 0.4) is 0 Å². The maximum absolute atomic E-state index is 11.3. The lowest BCUT2D eigenvalue weighted by atomic mass is 10.1. The zero-order valence-electron chi connectivity index (χ0n) is 11.8. The molecule has 2 aromatic rings. The number of carbonyl (C=O) groups excluding carboxylic acids is 1. The Balaban J connectivity index is 1.79. The van der Waals surface area contributed by atoms with Crippen LogP contribution < -0.4 is 10.5 Å². The van der Waals surface area contributed by atoms with Crippen LogP contribution >= 0.6 is 0 Å². The smallest absolute Gasteiger partial charge is 0.315 e. The third-order valence-electron chi connectivity index (χ3n) is 3.63. The number of ether oxygens (including phenoxy) is 1. The monoisotopic (exact) mass is 287 g/mol. The second-order valence-electron chi connectivity index (χ2n) is 4.96. The molecular formula is C14H17N5O2. The molecule has 2 N–H and O–H groups in total. The molecule has 1 aliphatic rings. The quantitative estimate of drug-likeness (QED) is 0.906. The highest BCUT2D eigenvalue weighted by Gasteiger charge is 2.25. The number of rotatable bonds is 3. The standard InChI is InChI=1S/C14H17N5O2/c1-18-12-5-7-19(14(15)20)8-10(12)11(17-18)9-21-13-4-2-3-6-16-13/h2-4,6H,5,7-9H2,1H3,(H2,15,20). The second-order valence-corrected chi connectivity index (χ2v) is 4.96. The summed E-state index contributed by atoms with van der Waals surface area (Å²) in [4.78, 5) is 17.1. The summed E-state index contributed by atoms with van der Waals surface area (Å²) in [7, 11) is 1.91. The van der Waals surface area contributed by atoms with Crippen molar-refractivity contribution < 1.29 is 9.53 Å². The Morgan fingerprint density at radius 1 is 1.48 bits per heavy atom. The van der Waals surface area contributed by atoms with Gasteiger partial charge in [0.2, 0.25) is 5.88 Å². The van der Waals surface area contributed by atoms with E-state index in [0.717, 1.165) is 23.4 Å². The predicted octanol–water partition coefficient (Wildman–Crippen LogP) is 0.831. The number of fused-ring (bicyclic) bond motifs is 1. The normalized spacial score (nSPS) is 13.9. The summed E-state index contributed by atoms with van der Waals surface area (Å²) in [5, 5.41) is 4.49. The van der Waals surface area contributed by atoms with Gasteiger partial charge >= 0.3 is 6.03 Å². The van der Waals surface area contributed by atoms with Crippen molar-refractivity contribution in [3.05, 3.63) is 41.3 Å². The SMILES string of the molecule is Cn1nc(COc2ccccn2)c2c1CCN(C(N)=O)C2. The molecular weight excluding hydrogens is 270 g/mol. The van der Waals surface area contributed by atoms with Crippen LogP contribution in [0.5, 0.6) is 5.88 Å². The lowest BCUT2D eigenvalue weighted by Crippen LogP contribution is -2.39. The number of aryl methyl sites for hydroxylation is 1. The average molecular weight is 287 g/mol. The number of urea groups is 1. The van der Waals surface area contributed by atoms with Crippen LogP contribution in [0.2, 0.25) is 0 Å².